The van der Waals surface area contributed by atoms with Gasteiger partial charge in [0.2, 0.25) is 0 Å². The van der Waals surface area contributed by atoms with Crippen LogP contribution in [-0.4, -0.2) is 14.9 Å². The largest absolute Gasteiger partial charge is 0.319 e. The Morgan fingerprint density at radius 3 is 2.59 bits per heavy atom. The van der Waals surface area contributed by atoms with Crippen molar-refractivity contribution in [3.63, 3.8) is 0 Å². The molecule has 0 unspecified atom stereocenters. The zero-order valence-electron chi connectivity index (χ0n) is 11.4. The van der Waals surface area contributed by atoms with Crippen molar-refractivity contribution < 1.29 is 4.92 Å². The van der Waals surface area contributed by atoms with Crippen molar-refractivity contribution in [2.45, 2.75) is 0 Å². The predicted octanol–water partition coefficient (Wildman–Crippen LogP) is 3.00. The molecule has 0 atom stereocenters. The summed E-state index contributed by atoms with van der Waals surface area (Å²) in [6.45, 7) is 0. The Morgan fingerprint density at radius 1 is 1.05 bits per heavy atom. The summed E-state index contributed by atoms with van der Waals surface area (Å²) in [5.74, 6) is 0. The lowest BCUT2D eigenvalue weighted by Crippen LogP contribution is -2.11. The van der Waals surface area contributed by atoms with Gasteiger partial charge in [-0.15, -0.1) is 0 Å². The van der Waals surface area contributed by atoms with Gasteiger partial charge < -0.3 is 4.98 Å². The molecule has 6 nitrogen and oxygen atoms in total. The maximum absolute atomic E-state index is 12.0. The van der Waals surface area contributed by atoms with E-state index in [1.807, 2.05) is 12.1 Å². The number of H-pyrrole nitrogens is 1. The second kappa shape index (κ2) is 5.61. The van der Waals surface area contributed by atoms with E-state index in [-0.39, 0.29) is 16.9 Å². The van der Waals surface area contributed by atoms with Crippen molar-refractivity contribution in [3.05, 3.63) is 80.3 Å². The van der Waals surface area contributed by atoms with Crippen LogP contribution >= 0.6 is 0 Å². The molecule has 22 heavy (non-hydrogen) atoms. The molecule has 0 aliphatic rings. The number of nitrogens with one attached hydrogen (secondary N) is 1. The molecule has 0 aliphatic carbocycles. The summed E-state index contributed by atoms with van der Waals surface area (Å²) in [7, 11) is 0. The number of aromatic amines is 1. The molecule has 6 heteroatoms. The number of rotatable bonds is 3. The minimum atomic E-state index is -0.461. The van der Waals surface area contributed by atoms with Crippen LogP contribution in [0, 0.1) is 10.1 Å². The highest BCUT2D eigenvalue weighted by Crippen LogP contribution is 2.19. The maximum Gasteiger partial charge on any atom is 0.276 e. The van der Waals surface area contributed by atoms with Gasteiger partial charge in [0, 0.05) is 6.07 Å². The SMILES string of the molecule is O=c1[nH]c2ccccc2nc1/C=C/c1ccccc1[N+](=O)[O-]. The first-order valence-corrected chi connectivity index (χ1v) is 6.56. The highest BCUT2D eigenvalue weighted by molar-refractivity contribution is 5.77. The Kier molecular flexibility index (Phi) is 3.49. The maximum atomic E-state index is 12.0. The average Bonchev–Trinajstić information content (AvgIpc) is 2.53. The Bertz CT molecular complexity index is 945. The number of aromatic nitrogens is 2. The number of hydrogen-bond acceptors (Lipinski definition) is 4. The van der Waals surface area contributed by atoms with Crippen molar-refractivity contribution in [3.8, 4) is 0 Å². The highest BCUT2D eigenvalue weighted by Gasteiger charge is 2.09. The van der Waals surface area contributed by atoms with Crippen LogP contribution in [0.5, 0.6) is 0 Å². The molecule has 1 heterocycles. The summed E-state index contributed by atoms with van der Waals surface area (Å²) in [5, 5.41) is 11.0. The average molecular weight is 293 g/mol. The number of nitrogens with zero attached hydrogens (tertiary/aromatic N) is 2. The highest BCUT2D eigenvalue weighted by atomic mass is 16.6. The van der Waals surface area contributed by atoms with E-state index in [4.69, 9.17) is 0 Å². The van der Waals surface area contributed by atoms with Gasteiger partial charge in [0.1, 0.15) is 5.69 Å². The molecule has 0 saturated carbocycles. The molecule has 0 saturated heterocycles. The Hall–Kier alpha value is -3.28. The molecule has 1 N–H and O–H groups in total. The van der Waals surface area contributed by atoms with Crippen molar-refractivity contribution in [1.29, 1.82) is 0 Å². The zero-order valence-corrected chi connectivity index (χ0v) is 11.4. The molecule has 3 rings (SSSR count). The topological polar surface area (TPSA) is 88.9 Å². The van der Waals surface area contributed by atoms with Crippen molar-refractivity contribution in [2.24, 2.45) is 0 Å². The van der Waals surface area contributed by atoms with Crippen LogP contribution in [0.2, 0.25) is 0 Å². The molecule has 3 aromatic rings. The van der Waals surface area contributed by atoms with E-state index in [2.05, 4.69) is 9.97 Å². The summed E-state index contributed by atoms with van der Waals surface area (Å²) in [6.07, 6.45) is 3.00. The van der Waals surface area contributed by atoms with Crippen LogP contribution in [0.25, 0.3) is 23.2 Å². The normalized spacial score (nSPS) is 11.1. The van der Waals surface area contributed by atoms with Crippen LogP contribution < -0.4 is 5.56 Å². The summed E-state index contributed by atoms with van der Waals surface area (Å²) < 4.78 is 0. The first-order chi connectivity index (χ1) is 10.6. The molecule has 2 aromatic carbocycles. The van der Waals surface area contributed by atoms with E-state index in [1.165, 1.54) is 18.2 Å². The fraction of sp³-hybridized carbons (Fsp3) is 0. The van der Waals surface area contributed by atoms with Crippen molar-refractivity contribution in [1.82, 2.24) is 9.97 Å². The quantitative estimate of drug-likeness (QED) is 0.593. The zero-order chi connectivity index (χ0) is 15.5. The smallest absolute Gasteiger partial charge is 0.276 e. The molecule has 0 bridgehead atoms. The van der Waals surface area contributed by atoms with E-state index in [0.29, 0.717) is 16.6 Å². The van der Waals surface area contributed by atoms with Gasteiger partial charge in [-0.3, -0.25) is 14.9 Å². The fourth-order valence-corrected chi connectivity index (χ4v) is 2.12. The number of hydrogen-bond donors (Lipinski definition) is 1. The standard InChI is InChI=1S/C16H11N3O3/c20-16-14(17-12-6-2-3-7-13(12)18-16)10-9-11-5-1-4-8-15(11)19(21)22/h1-10H,(H,18,20)/b10-9+. The summed E-state index contributed by atoms with van der Waals surface area (Å²) in [4.78, 5) is 29.5. The van der Waals surface area contributed by atoms with Crippen LogP contribution in [0.1, 0.15) is 11.3 Å². The molecule has 108 valence electrons. The number of para-hydroxylation sites is 3. The number of benzene rings is 2. The van der Waals surface area contributed by atoms with Gasteiger partial charge in [0.05, 0.1) is 21.5 Å². The first kappa shape index (κ1) is 13.7. The van der Waals surface area contributed by atoms with E-state index in [0.717, 1.165) is 0 Å². The molecule has 1 aromatic heterocycles. The third-order valence-corrected chi connectivity index (χ3v) is 3.18. The van der Waals surface area contributed by atoms with Crippen LogP contribution in [0.3, 0.4) is 0 Å². The minimum absolute atomic E-state index is 0.0176. The third-order valence-electron chi connectivity index (χ3n) is 3.18. The van der Waals surface area contributed by atoms with Gasteiger partial charge in [0.15, 0.2) is 0 Å². The minimum Gasteiger partial charge on any atom is -0.319 e. The molecule has 0 aliphatic heterocycles. The number of nitro benzene ring substituents is 1. The van der Waals surface area contributed by atoms with Gasteiger partial charge in [0.25, 0.3) is 11.2 Å². The van der Waals surface area contributed by atoms with Gasteiger partial charge >= 0.3 is 0 Å². The molecular formula is C16H11N3O3. The number of nitro groups is 1. The third kappa shape index (κ3) is 2.62. The van der Waals surface area contributed by atoms with Crippen LogP contribution in [0.15, 0.2) is 53.3 Å². The van der Waals surface area contributed by atoms with Gasteiger partial charge in [-0.1, -0.05) is 24.3 Å². The van der Waals surface area contributed by atoms with Gasteiger partial charge in [-0.05, 0) is 30.4 Å². The Balaban J connectivity index is 2.05. The van der Waals surface area contributed by atoms with Gasteiger partial charge in [-0.2, -0.15) is 0 Å². The van der Waals surface area contributed by atoms with E-state index >= 15 is 0 Å². The molecular weight excluding hydrogens is 282 g/mol. The van der Waals surface area contributed by atoms with E-state index in [1.54, 1.807) is 30.3 Å². The lowest BCUT2D eigenvalue weighted by Gasteiger charge is -1.99. The fourth-order valence-electron chi connectivity index (χ4n) is 2.12. The lowest BCUT2D eigenvalue weighted by molar-refractivity contribution is -0.385. The second-order valence-corrected chi connectivity index (χ2v) is 4.62. The summed E-state index contributed by atoms with van der Waals surface area (Å²) >= 11 is 0. The molecule has 0 radical (unpaired) electrons. The van der Waals surface area contributed by atoms with Gasteiger partial charge in [-0.25, -0.2) is 4.98 Å². The van der Waals surface area contributed by atoms with Crippen LogP contribution in [-0.2, 0) is 0 Å². The molecule has 0 spiro atoms. The monoisotopic (exact) mass is 293 g/mol. The second-order valence-electron chi connectivity index (χ2n) is 4.62. The molecule has 0 fully saturated rings. The summed E-state index contributed by atoms with van der Waals surface area (Å²) in [5.41, 5.74) is 1.57. The van der Waals surface area contributed by atoms with E-state index in [9.17, 15) is 14.9 Å². The lowest BCUT2D eigenvalue weighted by atomic mass is 10.1. The predicted molar refractivity (Wildman–Crippen MR) is 84.4 cm³/mol. The first-order valence-electron chi connectivity index (χ1n) is 6.56. The van der Waals surface area contributed by atoms with Crippen molar-refractivity contribution in [2.75, 3.05) is 0 Å². The number of fused-ring (bicyclic) bond motifs is 1. The van der Waals surface area contributed by atoms with Crippen LogP contribution in [0.4, 0.5) is 5.69 Å². The van der Waals surface area contributed by atoms with Crippen molar-refractivity contribution >= 4 is 28.9 Å². The Labute approximate surface area is 124 Å². The van der Waals surface area contributed by atoms with E-state index < -0.39 is 4.92 Å². The molecule has 0 amide bonds. The Morgan fingerprint density at radius 2 is 1.77 bits per heavy atom. The summed E-state index contributed by atoms with van der Waals surface area (Å²) in [6, 6.07) is 13.5.